The van der Waals surface area contributed by atoms with Gasteiger partial charge in [0.25, 0.3) is 5.91 Å². The first kappa shape index (κ1) is 22.6. The van der Waals surface area contributed by atoms with Crippen LogP contribution in [0.5, 0.6) is 11.5 Å². The summed E-state index contributed by atoms with van der Waals surface area (Å²) in [6.07, 6.45) is 0.710. The molecule has 3 rings (SSSR count). The monoisotopic (exact) mass is 430 g/mol. The Morgan fingerprint density at radius 2 is 1.68 bits per heavy atom. The van der Waals surface area contributed by atoms with E-state index in [0.29, 0.717) is 67.8 Å². The molecule has 2 heterocycles. The van der Waals surface area contributed by atoms with Crippen LogP contribution in [0.1, 0.15) is 49.3 Å². The average molecular weight is 431 g/mol. The Bertz CT molecular complexity index is 926. The van der Waals surface area contributed by atoms with E-state index in [1.54, 1.807) is 35.1 Å². The third kappa shape index (κ3) is 5.34. The Kier molecular flexibility index (Phi) is 6.82. The molecular weight excluding hydrogens is 400 g/mol. The number of aryl methyl sites for hydroxylation is 1. The number of hydrogen-bond acceptors (Lipinski definition) is 7. The van der Waals surface area contributed by atoms with Crippen LogP contribution in [-0.2, 0) is 16.6 Å². The summed E-state index contributed by atoms with van der Waals surface area (Å²) >= 11 is 0. The molecule has 0 saturated carbocycles. The zero-order chi connectivity index (χ0) is 22.6. The van der Waals surface area contributed by atoms with Crippen molar-refractivity contribution in [3.8, 4) is 11.5 Å². The first-order valence-electron chi connectivity index (χ1n) is 10.3. The van der Waals surface area contributed by atoms with Gasteiger partial charge in [0.1, 0.15) is 0 Å². The van der Waals surface area contributed by atoms with Crippen LogP contribution in [0.3, 0.4) is 0 Å². The van der Waals surface area contributed by atoms with E-state index in [4.69, 9.17) is 14.0 Å². The lowest BCUT2D eigenvalue weighted by atomic mass is 9.96. The third-order valence-electron chi connectivity index (χ3n) is 5.24. The van der Waals surface area contributed by atoms with Gasteiger partial charge in [0, 0.05) is 50.0 Å². The van der Waals surface area contributed by atoms with Crippen molar-refractivity contribution in [2.75, 3.05) is 40.4 Å². The quantitative estimate of drug-likeness (QED) is 0.693. The maximum atomic E-state index is 12.8. The van der Waals surface area contributed by atoms with Crippen molar-refractivity contribution in [1.29, 1.82) is 0 Å². The van der Waals surface area contributed by atoms with Gasteiger partial charge >= 0.3 is 0 Å². The van der Waals surface area contributed by atoms with Gasteiger partial charge < -0.3 is 23.8 Å². The van der Waals surface area contributed by atoms with Crippen LogP contribution in [0.25, 0.3) is 0 Å². The van der Waals surface area contributed by atoms with Crippen LogP contribution in [-0.4, -0.2) is 72.2 Å². The van der Waals surface area contributed by atoms with Gasteiger partial charge in [-0.3, -0.25) is 9.59 Å². The molecule has 2 amide bonds. The Morgan fingerprint density at radius 3 is 2.26 bits per heavy atom. The molecule has 0 atom stereocenters. The van der Waals surface area contributed by atoms with Gasteiger partial charge in [-0.1, -0.05) is 25.9 Å². The summed E-state index contributed by atoms with van der Waals surface area (Å²) in [6, 6.07) is 5.11. The van der Waals surface area contributed by atoms with Crippen molar-refractivity contribution in [3.05, 3.63) is 35.5 Å². The summed E-state index contributed by atoms with van der Waals surface area (Å²) in [4.78, 5) is 33.3. The Balaban J connectivity index is 1.51. The Hall–Kier alpha value is -3.10. The highest BCUT2D eigenvalue weighted by Crippen LogP contribution is 2.28. The summed E-state index contributed by atoms with van der Waals surface area (Å²) in [7, 11) is 3.09. The van der Waals surface area contributed by atoms with Gasteiger partial charge in [-0.2, -0.15) is 4.98 Å². The van der Waals surface area contributed by atoms with Crippen LogP contribution in [0.2, 0.25) is 0 Å². The minimum absolute atomic E-state index is 0.0220. The molecule has 0 unspecified atom stereocenters. The molecule has 0 aliphatic carbocycles. The number of nitrogens with zero attached hydrogens (tertiary/aromatic N) is 4. The largest absolute Gasteiger partial charge is 0.493 e. The van der Waals surface area contributed by atoms with E-state index >= 15 is 0 Å². The maximum Gasteiger partial charge on any atom is 0.254 e. The molecule has 2 aromatic rings. The van der Waals surface area contributed by atoms with E-state index < -0.39 is 0 Å². The fraction of sp³-hybridized carbons (Fsp3) is 0.545. The molecular formula is C22H30N4O5. The zero-order valence-corrected chi connectivity index (χ0v) is 18.8. The van der Waals surface area contributed by atoms with Gasteiger partial charge in [0.05, 0.1) is 14.2 Å². The lowest BCUT2D eigenvalue weighted by Gasteiger charge is -2.35. The summed E-state index contributed by atoms with van der Waals surface area (Å²) in [5.41, 5.74) is 0.339. The third-order valence-corrected chi connectivity index (χ3v) is 5.24. The summed E-state index contributed by atoms with van der Waals surface area (Å²) in [5.74, 6) is 2.13. The Labute approximate surface area is 182 Å². The lowest BCUT2D eigenvalue weighted by molar-refractivity contribution is -0.132. The summed E-state index contributed by atoms with van der Waals surface area (Å²) in [5, 5.41) is 3.99. The second-order valence-electron chi connectivity index (χ2n) is 8.50. The molecule has 31 heavy (non-hydrogen) atoms. The number of hydrogen-bond donors (Lipinski definition) is 0. The van der Waals surface area contributed by atoms with Crippen molar-refractivity contribution in [3.63, 3.8) is 0 Å². The number of carbonyl (C=O) groups excluding carboxylic acids is 2. The molecule has 1 fully saturated rings. The highest BCUT2D eigenvalue weighted by Gasteiger charge is 2.26. The number of amides is 2. The van der Waals surface area contributed by atoms with E-state index in [-0.39, 0.29) is 17.2 Å². The van der Waals surface area contributed by atoms with Crippen LogP contribution in [0, 0.1) is 0 Å². The molecule has 1 aromatic heterocycles. The van der Waals surface area contributed by atoms with Crippen molar-refractivity contribution in [1.82, 2.24) is 19.9 Å². The molecule has 1 aliphatic rings. The average Bonchev–Trinajstić information content (AvgIpc) is 3.26. The molecule has 168 valence electrons. The van der Waals surface area contributed by atoms with Crippen molar-refractivity contribution >= 4 is 11.8 Å². The smallest absolute Gasteiger partial charge is 0.254 e. The fourth-order valence-electron chi connectivity index (χ4n) is 3.34. The van der Waals surface area contributed by atoms with E-state index in [1.165, 1.54) is 7.11 Å². The van der Waals surface area contributed by atoms with Gasteiger partial charge in [-0.15, -0.1) is 0 Å². The number of benzene rings is 1. The first-order chi connectivity index (χ1) is 14.7. The number of methoxy groups -OCH3 is 2. The predicted octanol–water partition coefficient (Wildman–Crippen LogP) is 2.30. The number of carbonyl (C=O) groups is 2. The van der Waals surface area contributed by atoms with Crippen molar-refractivity contribution in [2.45, 2.75) is 39.0 Å². The van der Waals surface area contributed by atoms with Gasteiger partial charge in [-0.05, 0) is 18.2 Å². The molecule has 9 heteroatoms. The second-order valence-corrected chi connectivity index (χ2v) is 8.50. The summed E-state index contributed by atoms with van der Waals surface area (Å²) in [6.45, 7) is 7.98. The number of rotatable bonds is 6. The molecule has 9 nitrogen and oxygen atoms in total. The first-order valence-corrected chi connectivity index (χ1v) is 10.3. The summed E-state index contributed by atoms with van der Waals surface area (Å²) < 4.78 is 15.8. The fourth-order valence-corrected chi connectivity index (χ4v) is 3.34. The standard InChI is InChI=1S/C22H30N4O5/c1-22(2,3)21-23-18(31-24-21)8-9-19(27)25-10-12-26(13-11-25)20(28)15-6-7-16(29-4)17(14-15)30-5/h6-7,14H,8-13H2,1-5H3. The second kappa shape index (κ2) is 9.36. The minimum Gasteiger partial charge on any atom is -0.493 e. The molecule has 0 spiro atoms. The molecule has 0 radical (unpaired) electrons. The van der Waals surface area contributed by atoms with Crippen LogP contribution in [0.4, 0.5) is 0 Å². The van der Waals surface area contributed by atoms with E-state index in [2.05, 4.69) is 10.1 Å². The minimum atomic E-state index is -0.192. The topological polar surface area (TPSA) is 98.0 Å². The molecule has 0 N–H and O–H groups in total. The lowest BCUT2D eigenvalue weighted by Crippen LogP contribution is -2.50. The highest BCUT2D eigenvalue weighted by molar-refractivity contribution is 5.95. The number of piperazine rings is 1. The molecule has 1 aromatic carbocycles. The predicted molar refractivity (Wildman–Crippen MR) is 113 cm³/mol. The van der Waals surface area contributed by atoms with Crippen molar-refractivity contribution < 1.29 is 23.6 Å². The van der Waals surface area contributed by atoms with Gasteiger partial charge in [-0.25, -0.2) is 0 Å². The Morgan fingerprint density at radius 1 is 1.03 bits per heavy atom. The zero-order valence-electron chi connectivity index (χ0n) is 18.8. The maximum absolute atomic E-state index is 12.8. The molecule has 0 bridgehead atoms. The van der Waals surface area contributed by atoms with E-state index in [0.717, 1.165) is 0 Å². The molecule has 1 aliphatic heterocycles. The number of ether oxygens (including phenoxy) is 2. The highest BCUT2D eigenvalue weighted by atomic mass is 16.5. The van der Waals surface area contributed by atoms with Crippen LogP contribution in [0.15, 0.2) is 22.7 Å². The van der Waals surface area contributed by atoms with E-state index in [1.807, 2.05) is 20.8 Å². The van der Waals surface area contributed by atoms with Crippen LogP contribution < -0.4 is 9.47 Å². The van der Waals surface area contributed by atoms with Gasteiger partial charge in [0.2, 0.25) is 11.8 Å². The van der Waals surface area contributed by atoms with Crippen molar-refractivity contribution in [2.24, 2.45) is 0 Å². The normalized spacial score (nSPS) is 14.5. The SMILES string of the molecule is COc1ccc(C(=O)N2CCN(C(=O)CCc3nc(C(C)(C)C)no3)CC2)cc1OC. The van der Waals surface area contributed by atoms with Gasteiger partial charge in [0.15, 0.2) is 17.3 Å². The number of aromatic nitrogens is 2. The van der Waals surface area contributed by atoms with Crippen LogP contribution >= 0.6 is 0 Å². The van der Waals surface area contributed by atoms with E-state index in [9.17, 15) is 9.59 Å². The molecule has 1 saturated heterocycles.